The zero-order chi connectivity index (χ0) is 12.6. The van der Waals surface area contributed by atoms with Gasteiger partial charge in [-0.2, -0.15) is 9.78 Å². The van der Waals surface area contributed by atoms with Gasteiger partial charge in [-0.25, -0.2) is 4.98 Å². The molecular formula is C11H12N4O2. The van der Waals surface area contributed by atoms with Gasteiger partial charge in [0.25, 0.3) is 5.56 Å². The van der Waals surface area contributed by atoms with Gasteiger partial charge in [-0.05, 0) is 13.8 Å². The molecule has 17 heavy (non-hydrogen) atoms. The van der Waals surface area contributed by atoms with E-state index in [0.717, 1.165) is 0 Å². The molecule has 0 unspecified atom stereocenters. The normalized spacial score (nSPS) is 10.7. The first-order valence-electron chi connectivity index (χ1n) is 5.22. The lowest BCUT2D eigenvalue weighted by Gasteiger charge is -2.03. The maximum atomic E-state index is 12.1. The van der Waals surface area contributed by atoms with E-state index in [-0.39, 0.29) is 18.6 Å². The maximum Gasteiger partial charge on any atom is 0.276 e. The van der Waals surface area contributed by atoms with E-state index in [9.17, 15) is 4.79 Å². The van der Waals surface area contributed by atoms with E-state index < -0.39 is 0 Å². The fourth-order valence-electron chi connectivity index (χ4n) is 1.86. The summed E-state index contributed by atoms with van der Waals surface area (Å²) in [6, 6.07) is 2.02. The molecule has 6 nitrogen and oxygen atoms in total. The standard InChI is InChI=1S/C11H12N4O2/c1-6-8(3-4-16)11(17)15-10(13-6)9(5-12)7(2)14-15/h14,16H,3-4H2,1-2H3. The largest absolute Gasteiger partial charge is 0.396 e. The Kier molecular flexibility index (Phi) is 2.69. The summed E-state index contributed by atoms with van der Waals surface area (Å²) >= 11 is 0. The summed E-state index contributed by atoms with van der Waals surface area (Å²) in [5.41, 5.74) is 2.09. The number of nitrogens with zero attached hydrogens (tertiary/aromatic N) is 3. The Hall–Kier alpha value is -2.13. The van der Waals surface area contributed by atoms with E-state index in [1.165, 1.54) is 4.52 Å². The molecule has 2 N–H and O–H groups in total. The molecule has 88 valence electrons. The first kappa shape index (κ1) is 11.4. The summed E-state index contributed by atoms with van der Waals surface area (Å²) in [4.78, 5) is 16.3. The molecule has 2 aromatic rings. The molecule has 2 aromatic heterocycles. The number of fused-ring (bicyclic) bond motifs is 1. The minimum Gasteiger partial charge on any atom is -0.396 e. The second-order valence-electron chi connectivity index (χ2n) is 3.84. The van der Waals surface area contributed by atoms with Crippen LogP contribution in [0.5, 0.6) is 0 Å². The van der Waals surface area contributed by atoms with Gasteiger partial charge in [0, 0.05) is 24.3 Å². The highest BCUT2D eigenvalue weighted by atomic mass is 16.3. The Morgan fingerprint density at radius 3 is 2.82 bits per heavy atom. The number of aromatic nitrogens is 3. The van der Waals surface area contributed by atoms with Crippen molar-refractivity contribution in [3.05, 3.63) is 32.9 Å². The molecular weight excluding hydrogens is 220 g/mol. The van der Waals surface area contributed by atoms with Gasteiger partial charge in [-0.1, -0.05) is 0 Å². The Balaban J connectivity index is 2.87. The van der Waals surface area contributed by atoms with Crippen LogP contribution >= 0.6 is 0 Å². The predicted octanol–water partition coefficient (Wildman–Crippen LogP) is 0.0459. The summed E-state index contributed by atoms with van der Waals surface area (Å²) in [6.07, 6.45) is 0.264. The maximum absolute atomic E-state index is 12.1. The average Bonchev–Trinajstić information content (AvgIpc) is 2.60. The van der Waals surface area contributed by atoms with Gasteiger partial charge in [0.05, 0.1) is 5.69 Å². The van der Waals surface area contributed by atoms with Crippen molar-refractivity contribution in [1.29, 1.82) is 5.26 Å². The van der Waals surface area contributed by atoms with Crippen molar-refractivity contribution in [2.24, 2.45) is 0 Å². The second kappa shape index (κ2) is 4.03. The monoisotopic (exact) mass is 232 g/mol. The fourth-order valence-corrected chi connectivity index (χ4v) is 1.86. The van der Waals surface area contributed by atoms with Crippen LogP contribution in [-0.2, 0) is 6.42 Å². The highest BCUT2D eigenvalue weighted by Crippen LogP contribution is 2.12. The number of hydrogen-bond acceptors (Lipinski definition) is 4. The molecule has 0 aliphatic carbocycles. The highest BCUT2D eigenvalue weighted by Gasteiger charge is 2.15. The van der Waals surface area contributed by atoms with Crippen LogP contribution in [0.3, 0.4) is 0 Å². The molecule has 0 amide bonds. The van der Waals surface area contributed by atoms with Crippen molar-refractivity contribution in [3.8, 4) is 6.07 Å². The van der Waals surface area contributed by atoms with E-state index >= 15 is 0 Å². The fraction of sp³-hybridized carbons (Fsp3) is 0.364. The molecule has 0 aliphatic heterocycles. The third kappa shape index (κ3) is 1.61. The SMILES string of the molecule is Cc1nc2c(C#N)c(C)[nH]n2c(=O)c1CCO. The average molecular weight is 232 g/mol. The molecule has 6 heteroatoms. The number of H-pyrrole nitrogens is 1. The van der Waals surface area contributed by atoms with E-state index in [0.29, 0.717) is 28.2 Å². The number of nitrogens with one attached hydrogen (secondary N) is 1. The molecule has 0 aromatic carbocycles. The molecule has 0 fully saturated rings. The lowest BCUT2D eigenvalue weighted by atomic mass is 10.2. The molecule has 0 saturated heterocycles. The molecule has 0 radical (unpaired) electrons. The molecule has 2 rings (SSSR count). The van der Waals surface area contributed by atoms with Crippen molar-refractivity contribution in [2.75, 3.05) is 6.61 Å². The van der Waals surface area contributed by atoms with Crippen LogP contribution in [0.25, 0.3) is 5.65 Å². The summed E-state index contributed by atoms with van der Waals surface area (Å²) < 4.78 is 1.26. The Labute approximate surface area is 97.1 Å². The quantitative estimate of drug-likeness (QED) is 0.764. The lowest BCUT2D eigenvalue weighted by Crippen LogP contribution is -2.22. The van der Waals surface area contributed by atoms with Crippen molar-refractivity contribution >= 4 is 5.65 Å². The van der Waals surface area contributed by atoms with Crippen molar-refractivity contribution in [2.45, 2.75) is 20.3 Å². The number of rotatable bonds is 2. The first-order valence-corrected chi connectivity index (χ1v) is 5.22. The summed E-state index contributed by atoms with van der Waals surface area (Å²) in [6.45, 7) is 3.32. The van der Waals surface area contributed by atoms with E-state index in [1.807, 2.05) is 6.07 Å². The first-order chi connectivity index (χ1) is 8.10. The van der Waals surface area contributed by atoms with Crippen LogP contribution in [0.15, 0.2) is 4.79 Å². The topological polar surface area (TPSA) is 94.2 Å². The molecule has 0 spiro atoms. The van der Waals surface area contributed by atoms with Crippen molar-refractivity contribution < 1.29 is 5.11 Å². The number of aryl methyl sites for hydroxylation is 2. The minimum atomic E-state index is -0.258. The number of nitriles is 1. The van der Waals surface area contributed by atoms with E-state index in [1.54, 1.807) is 13.8 Å². The smallest absolute Gasteiger partial charge is 0.276 e. The Bertz CT molecular complexity index is 675. The summed E-state index contributed by atoms with van der Waals surface area (Å²) in [7, 11) is 0. The molecule has 2 heterocycles. The Morgan fingerprint density at radius 1 is 1.53 bits per heavy atom. The van der Waals surface area contributed by atoms with Crippen LogP contribution in [0, 0.1) is 25.2 Å². The van der Waals surface area contributed by atoms with Gasteiger partial charge in [-0.3, -0.25) is 9.89 Å². The number of hydrogen-bond donors (Lipinski definition) is 2. The zero-order valence-electron chi connectivity index (χ0n) is 9.61. The highest BCUT2D eigenvalue weighted by molar-refractivity contribution is 5.57. The third-order valence-corrected chi connectivity index (χ3v) is 2.74. The zero-order valence-corrected chi connectivity index (χ0v) is 9.61. The van der Waals surface area contributed by atoms with Crippen LogP contribution in [0.1, 0.15) is 22.5 Å². The van der Waals surface area contributed by atoms with Gasteiger partial charge in [0.15, 0.2) is 5.65 Å². The van der Waals surface area contributed by atoms with Crippen LogP contribution in [0.4, 0.5) is 0 Å². The minimum absolute atomic E-state index is 0.103. The summed E-state index contributed by atoms with van der Waals surface area (Å²) in [5, 5.41) is 20.7. The van der Waals surface area contributed by atoms with Crippen molar-refractivity contribution in [1.82, 2.24) is 14.6 Å². The van der Waals surface area contributed by atoms with E-state index in [2.05, 4.69) is 10.1 Å². The van der Waals surface area contributed by atoms with E-state index in [4.69, 9.17) is 10.4 Å². The molecule has 0 saturated carbocycles. The van der Waals surface area contributed by atoms with Gasteiger partial charge in [0.1, 0.15) is 11.6 Å². The molecule has 0 aliphatic rings. The second-order valence-corrected chi connectivity index (χ2v) is 3.84. The third-order valence-electron chi connectivity index (χ3n) is 2.74. The van der Waals surface area contributed by atoms with Crippen LogP contribution in [-0.4, -0.2) is 26.3 Å². The number of aliphatic hydroxyl groups excluding tert-OH is 1. The van der Waals surface area contributed by atoms with Crippen LogP contribution < -0.4 is 5.56 Å². The molecule has 0 atom stereocenters. The van der Waals surface area contributed by atoms with Gasteiger partial charge >= 0.3 is 0 Å². The molecule has 0 bridgehead atoms. The lowest BCUT2D eigenvalue weighted by molar-refractivity contribution is 0.298. The summed E-state index contributed by atoms with van der Waals surface area (Å²) in [5.74, 6) is 0. The van der Waals surface area contributed by atoms with Gasteiger partial charge in [0.2, 0.25) is 0 Å². The van der Waals surface area contributed by atoms with Gasteiger partial charge in [-0.15, -0.1) is 0 Å². The van der Waals surface area contributed by atoms with Crippen molar-refractivity contribution in [3.63, 3.8) is 0 Å². The number of aromatic amines is 1. The number of aliphatic hydroxyl groups is 1. The van der Waals surface area contributed by atoms with Crippen LogP contribution in [0.2, 0.25) is 0 Å². The van der Waals surface area contributed by atoms with Gasteiger partial charge < -0.3 is 5.11 Å². The Morgan fingerprint density at radius 2 is 2.24 bits per heavy atom. The predicted molar refractivity (Wildman–Crippen MR) is 60.8 cm³/mol.